The van der Waals surface area contributed by atoms with E-state index in [0.717, 1.165) is 18.4 Å². The van der Waals surface area contributed by atoms with Crippen molar-refractivity contribution < 1.29 is 21.5 Å². The highest BCUT2D eigenvalue weighted by Gasteiger charge is 2.18. The van der Waals surface area contributed by atoms with Gasteiger partial charge in [0.1, 0.15) is 11.2 Å². The van der Waals surface area contributed by atoms with Gasteiger partial charge in [0, 0.05) is 6.07 Å². The fourth-order valence-corrected chi connectivity index (χ4v) is 2.09. The maximum absolute atomic E-state index is 13.0. The van der Waals surface area contributed by atoms with Crippen LogP contribution in [-0.2, 0) is 10.2 Å². The van der Waals surface area contributed by atoms with Crippen molar-refractivity contribution in [3.8, 4) is 0 Å². The molecule has 0 spiro atoms. The van der Waals surface area contributed by atoms with E-state index in [-0.39, 0.29) is 11.3 Å². The summed E-state index contributed by atoms with van der Waals surface area (Å²) in [5, 5.41) is 2.23. The van der Waals surface area contributed by atoms with E-state index in [1.807, 2.05) is 0 Å². The zero-order valence-corrected chi connectivity index (χ0v) is 10.7. The fraction of sp³-hybridized carbons (Fsp3) is 0. The normalized spacial score (nSPS) is 11.1. The maximum atomic E-state index is 13.0. The molecule has 2 rings (SSSR count). The summed E-state index contributed by atoms with van der Waals surface area (Å²) in [6.07, 6.45) is 0.921. The maximum Gasteiger partial charge on any atom is 0.335 e. The van der Waals surface area contributed by atoms with Crippen LogP contribution in [0.15, 0.2) is 56.8 Å². The average Bonchev–Trinajstić information content (AvgIpc) is 2.38. The Balaban J connectivity index is 2.33. The van der Waals surface area contributed by atoms with Crippen molar-refractivity contribution in [2.75, 3.05) is 5.32 Å². The number of hydrogen-bond acceptors (Lipinski definition) is 5. The lowest BCUT2D eigenvalue weighted by atomic mass is 10.2. The van der Waals surface area contributed by atoms with Gasteiger partial charge in [-0.2, -0.15) is 8.42 Å². The van der Waals surface area contributed by atoms with Gasteiger partial charge in [0.05, 0.1) is 11.3 Å². The van der Waals surface area contributed by atoms with Crippen molar-refractivity contribution >= 4 is 21.8 Å². The highest BCUT2D eigenvalue weighted by atomic mass is 32.3. The molecule has 0 saturated carbocycles. The van der Waals surface area contributed by atoms with Gasteiger partial charge in [-0.15, -0.1) is 3.89 Å². The summed E-state index contributed by atoms with van der Waals surface area (Å²) in [5.41, 5.74) is -0.838. The lowest BCUT2D eigenvalue weighted by molar-refractivity contribution is 0.102. The molecule has 104 valence electrons. The van der Waals surface area contributed by atoms with Crippen LogP contribution in [-0.4, -0.2) is 14.3 Å². The Kier molecular flexibility index (Phi) is 3.66. The van der Waals surface area contributed by atoms with E-state index >= 15 is 0 Å². The van der Waals surface area contributed by atoms with Crippen LogP contribution < -0.4 is 10.9 Å². The molecule has 0 aliphatic heterocycles. The summed E-state index contributed by atoms with van der Waals surface area (Å²) < 4.78 is 39.4. The molecule has 0 atom stereocenters. The number of carbonyl (C=O) groups is 1. The Hall–Kier alpha value is -2.48. The molecule has 20 heavy (non-hydrogen) atoms. The Morgan fingerprint density at radius 2 is 1.85 bits per heavy atom. The predicted molar refractivity (Wildman–Crippen MR) is 67.7 cm³/mol. The first-order chi connectivity index (χ1) is 9.38. The van der Waals surface area contributed by atoms with Crippen LogP contribution in [0.5, 0.6) is 0 Å². The van der Waals surface area contributed by atoms with Gasteiger partial charge in [-0.05, 0) is 18.2 Å². The minimum Gasteiger partial charge on any atom is -0.430 e. The number of benzene rings is 1. The molecule has 1 aromatic heterocycles. The van der Waals surface area contributed by atoms with Crippen molar-refractivity contribution in [3.05, 3.63) is 58.6 Å². The molecule has 2 aromatic rings. The van der Waals surface area contributed by atoms with E-state index in [1.165, 1.54) is 24.3 Å². The van der Waals surface area contributed by atoms with Crippen LogP contribution in [0, 0.1) is 0 Å². The van der Waals surface area contributed by atoms with Crippen LogP contribution in [0.1, 0.15) is 10.4 Å². The smallest absolute Gasteiger partial charge is 0.335 e. The number of para-hydroxylation sites is 1. The molecular weight excluding hydrogens is 289 g/mol. The van der Waals surface area contributed by atoms with Crippen LogP contribution in [0.3, 0.4) is 0 Å². The highest BCUT2D eigenvalue weighted by Crippen LogP contribution is 2.23. The summed E-state index contributed by atoms with van der Waals surface area (Å²) in [6.45, 7) is 0. The number of anilines is 1. The van der Waals surface area contributed by atoms with Crippen LogP contribution in [0.25, 0.3) is 0 Å². The van der Waals surface area contributed by atoms with E-state index in [4.69, 9.17) is 0 Å². The average molecular weight is 297 g/mol. The van der Waals surface area contributed by atoms with Gasteiger partial charge in [-0.1, -0.05) is 12.1 Å². The van der Waals surface area contributed by atoms with E-state index in [0.29, 0.717) is 0 Å². The lowest BCUT2D eigenvalue weighted by Crippen LogP contribution is -2.14. The Bertz CT molecular complexity index is 792. The summed E-state index contributed by atoms with van der Waals surface area (Å²) >= 11 is 0. The fourth-order valence-electron chi connectivity index (χ4n) is 1.46. The first-order valence-corrected chi connectivity index (χ1v) is 6.70. The lowest BCUT2D eigenvalue weighted by Gasteiger charge is -2.07. The molecule has 0 aliphatic carbocycles. The third-order valence-corrected chi connectivity index (χ3v) is 3.24. The van der Waals surface area contributed by atoms with Crippen molar-refractivity contribution in [3.63, 3.8) is 0 Å². The minimum atomic E-state index is -4.96. The number of rotatable bonds is 3. The predicted octanol–water partition coefficient (Wildman–Crippen LogP) is 1.55. The molecule has 0 radical (unpaired) electrons. The molecular formula is C12H8FNO5S. The van der Waals surface area contributed by atoms with Crippen molar-refractivity contribution in [1.82, 2.24) is 0 Å². The monoisotopic (exact) mass is 297 g/mol. The number of halogens is 1. The molecule has 8 heteroatoms. The van der Waals surface area contributed by atoms with Gasteiger partial charge in [0.25, 0.3) is 5.91 Å². The van der Waals surface area contributed by atoms with Gasteiger partial charge in [-0.25, -0.2) is 4.79 Å². The van der Waals surface area contributed by atoms with Crippen molar-refractivity contribution in [1.29, 1.82) is 0 Å². The molecule has 0 saturated heterocycles. The molecule has 1 aromatic carbocycles. The van der Waals surface area contributed by atoms with Gasteiger partial charge < -0.3 is 9.73 Å². The Labute approximate surface area is 113 Å². The number of hydrogen-bond donors (Lipinski definition) is 1. The first-order valence-electron chi connectivity index (χ1n) is 5.32. The van der Waals surface area contributed by atoms with Crippen LogP contribution >= 0.6 is 0 Å². The molecule has 1 amide bonds. The second-order valence-corrected chi connectivity index (χ2v) is 5.05. The Morgan fingerprint density at radius 3 is 2.45 bits per heavy atom. The van der Waals surface area contributed by atoms with Gasteiger partial charge >= 0.3 is 15.8 Å². The molecule has 6 nitrogen and oxygen atoms in total. The van der Waals surface area contributed by atoms with Crippen molar-refractivity contribution in [2.45, 2.75) is 4.90 Å². The molecule has 1 heterocycles. The summed E-state index contributed by atoms with van der Waals surface area (Å²) in [7, 11) is -4.96. The third kappa shape index (κ3) is 3.09. The summed E-state index contributed by atoms with van der Waals surface area (Å²) in [5.74, 6) is -0.732. The SMILES string of the molecule is O=C(Nc1ccccc1S(=O)(=O)F)c1ccc(=O)oc1. The van der Waals surface area contributed by atoms with E-state index in [9.17, 15) is 21.9 Å². The number of amides is 1. The third-order valence-electron chi connectivity index (χ3n) is 2.36. The van der Waals surface area contributed by atoms with E-state index in [1.54, 1.807) is 0 Å². The summed E-state index contributed by atoms with van der Waals surface area (Å²) in [4.78, 5) is 21.9. The molecule has 1 N–H and O–H groups in total. The quantitative estimate of drug-likeness (QED) is 0.867. The second-order valence-electron chi connectivity index (χ2n) is 3.73. The zero-order valence-electron chi connectivity index (χ0n) is 9.87. The van der Waals surface area contributed by atoms with Gasteiger partial charge in [0.2, 0.25) is 0 Å². The van der Waals surface area contributed by atoms with Gasteiger partial charge in [0.15, 0.2) is 0 Å². The minimum absolute atomic E-state index is 0.00402. The first kappa shape index (κ1) is 13.9. The highest BCUT2D eigenvalue weighted by molar-refractivity contribution is 7.86. The van der Waals surface area contributed by atoms with Crippen molar-refractivity contribution in [2.24, 2.45) is 0 Å². The van der Waals surface area contributed by atoms with Crippen LogP contribution in [0.2, 0.25) is 0 Å². The van der Waals surface area contributed by atoms with Gasteiger partial charge in [-0.3, -0.25) is 4.79 Å². The number of carbonyl (C=O) groups excluding carboxylic acids is 1. The zero-order chi connectivity index (χ0) is 14.8. The van der Waals surface area contributed by atoms with E-state index < -0.39 is 26.7 Å². The summed E-state index contributed by atoms with van der Waals surface area (Å²) in [6, 6.07) is 7.26. The largest absolute Gasteiger partial charge is 0.430 e. The van der Waals surface area contributed by atoms with Crippen LogP contribution in [0.4, 0.5) is 9.57 Å². The molecule has 0 fully saturated rings. The number of nitrogens with one attached hydrogen (secondary N) is 1. The second kappa shape index (κ2) is 5.25. The molecule has 0 bridgehead atoms. The topological polar surface area (TPSA) is 93.5 Å². The molecule has 0 unspecified atom stereocenters. The molecule has 0 aliphatic rings. The standard InChI is InChI=1S/C12H8FNO5S/c13-20(17,18)10-4-2-1-3-9(10)14-12(16)8-5-6-11(15)19-7-8/h1-7H,(H,14,16). The Morgan fingerprint density at radius 1 is 1.15 bits per heavy atom. The van der Waals surface area contributed by atoms with E-state index in [2.05, 4.69) is 9.73 Å².